The molecule has 0 heterocycles. The van der Waals surface area contributed by atoms with Gasteiger partial charge >= 0.3 is 0 Å². The van der Waals surface area contributed by atoms with Gasteiger partial charge < -0.3 is 10.5 Å². The van der Waals surface area contributed by atoms with Crippen molar-refractivity contribution in [2.45, 2.75) is 31.7 Å². The summed E-state index contributed by atoms with van der Waals surface area (Å²) in [4.78, 5) is 0. The maximum atomic E-state index is 6.41. The van der Waals surface area contributed by atoms with Crippen LogP contribution in [0, 0.1) is 5.92 Å². The van der Waals surface area contributed by atoms with Crippen molar-refractivity contribution in [2.24, 2.45) is 11.7 Å². The summed E-state index contributed by atoms with van der Waals surface area (Å²) in [5.74, 6) is 2.35. The van der Waals surface area contributed by atoms with Crippen LogP contribution in [0.1, 0.15) is 37.3 Å². The number of rotatable bonds is 4. The Bertz CT molecular complexity index is 546. The summed E-state index contributed by atoms with van der Waals surface area (Å²) in [6.45, 7) is 0. The van der Waals surface area contributed by atoms with Crippen LogP contribution >= 0.6 is 0 Å². The lowest BCUT2D eigenvalue weighted by Gasteiger charge is -2.19. The van der Waals surface area contributed by atoms with Crippen LogP contribution in [0.4, 0.5) is 0 Å². The van der Waals surface area contributed by atoms with Crippen LogP contribution in [0.3, 0.4) is 0 Å². The van der Waals surface area contributed by atoms with Crippen LogP contribution in [-0.4, -0.2) is 0 Å². The predicted octanol–water partition coefficient (Wildman–Crippen LogP) is 4.67. The molecule has 1 fully saturated rings. The van der Waals surface area contributed by atoms with Gasteiger partial charge in [0.15, 0.2) is 0 Å². The topological polar surface area (TPSA) is 35.2 Å². The van der Waals surface area contributed by atoms with Gasteiger partial charge in [0.05, 0.1) is 0 Å². The van der Waals surface area contributed by atoms with Crippen molar-refractivity contribution >= 4 is 0 Å². The third-order valence-electron chi connectivity index (χ3n) is 4.13. The SMILES string of the molecule is N[C@@H](c1cccc(Oc2ccccc2)c1)C1CCCC1. The fourth-order valence-electron chi connectivity index (χ4n) is 3.00. The minimum Gasteiger partial charge on any atom is -0.457 e. The lowest BCUT2D eigenvalue weighted by Crippen LogP contribution is -2.18. The number of para-hydroxylation sites is 1. The first-order valence-corrected chi connectivity index (χ1v) is 7.41. The lowest BCUT2D eigenvalue weighted by atomic mass is 9.92. The van der Waals surface area contributed by atoms with Crippen LogP contribution in [0.15, 0.2) is 54.6 Å². The molecule has 1 aliphatic carbocycles. The number of hydrogen-bond donors (Lipinski definition) is 1. The van der Waals surface area contributed by atoms with Crippen molar-refractivity contribution in [1.29, 1.82) is 0 Å². The molecule has 1 atom stereocenters. The molecule has 0 spiro atoms. The minimum absolute atomic E-state index is 0.136. The molecule has 1 saturated carbocycles. The summed E-state index contributed by atoms with van der Waals surface area (Å²) < 4.78 is 5.88. The van der Waals surface area contributed by atoms with E-state index in [9.17, 15) is 0 Å². The molecule has 1 aliphatic rings. The highest BCUT2D eigenvalue weighted by molar-refractivity contribution is 5.35. The Balaban J connectivity index is 1.75. The molecule has 2 heteroatoms. The van der Waals surface area contributed by atoms with Gasteiger partial charge in [0.1, 0.15) is 11.5 Å². The number of benzene rings is 2. The van der Waals surface area contributed by atoms with Gasteiger partial charge in [-0.05, 0) is 48.6 Å². The van der Waals surface area contributed by atoms with Crippen molar-refractivity contribution < 1.29 is 4.74 Å². The van der Waals surface area contributed by atoms with Crippen molar-refractivity contribution in [1.82, 2.24) is 0 Å². The second kappa shape index (κ2) is 6.10. The Morgan fingerprint density at radius 2 is 1.60 bits per heavy atom. The van der Waals surface area contributed by atoms with E-state index in [0.29, 0.717) is 5.92 Å². The van der Waals surface area contributed by atoms with Gasteiger partial charge in [0.2, 0.25) is 0 Å². The molecule has 2 aromatic carbocycles. The van der Waals surface area contributed by atoms with E-state index in [-0.39, 0.29) is 6.04 Å². The van der Waals surface area contributed by atoms with Gasteiger partial charge in [0, 0.05) is 6.04 Å². The van der Waals surface area contributed by atoms with E-state index in [0.717, 1.165) is 11.5 Å². The highest BCUT2D eigenvalue weighted by atomic mass is 16.5. The Hall–Kier alpha value is -1.80. The smallest absolute Gasteiger partial charge is 0.127 e. The van der Waals surface area contributed by atoms with E-state index < -0.39 is 0 Å². The van der Waals surface area contributed by atoms with Crippen molar-refractivity contribution in [2.75, 3.05) is 0 Å². The second-order valence-electron chi connectivity index (χ2n) is 5.56. The summed E-state index contributed by atoms with van der Waals surface area (Å²) in [7, 11) is 0. The summed E-state index contributed by atoms with van der Waals surface area (Å²) in [6, 6.07) is 18.2. The van der Waals surface area contributed by atoms with Crippen LogP contribution < -0.4 is 10.5 Å². The van der Waals surface area contributed by atoms with Gasteiger partial charge in [-0.1, -0.05) is 43.2 Å². The molecule has 0 radical (unpaired) electrons. The lowest BCUT2D eigenvalue weighted by molar-refractivity contribution is 0.440. The van der Waals surface area contributed by atoms with E-state index in [4.69, 9.17) is 10.5 Å². The molecule has 2 aromatic rings. The summed E-state index contributed by atoms with van der Waals surface area (Å²) >= 11 is 0. The molecule has 0 saturated heterocycles. The van der Waals surface area contributed by atoms with Crippen LogP contribution in [0.5, 0.6) is 11.5 Å². The molecule has 0 aromatic heterocycles. The Kier molecular flexibility index (Phi) is 4.03. The summed E-state index contributed by atoms with van der Waals surface area (Å²) in [5, 5.41) is 0. The van der Waals surface area contributed by atoms with Crippen molar-refractivity contribution in [3.63, 3.8) is 0 Å². The third-order valence-corrected chi connectivity index (χ3v) is 4.13. The largest absolute Gasteiger partial charge is 0.457 e. The van der Waals surface area contributed by atoms with Gasteiger partial charge in [-0.15, -0.1) is 0 Å². The molecule has 0 aliphatic heterocycles. The molecule has 104 valence electrons. The van der Waals surface area contributed by atoms with E-state index >= 15 is 0 Å². The normalized spacial score (nSPS) is 17.1. The van der Waals surface area contributed by atoms with Crippen LogP contribution in [0.2, 0.25) is 0 Å². The summed E-state index contributed by atoms with van der Waals surface area (Å²) in [6.07, 6.45) is 5.15. The summed E-state index contributed by atoms with van der Waals surface area (Å²) in [5.41, 5.74) is 7.59. The molecule has 3 rings (SSSR count). The van der Waals surface area contributed by atoms with Crippen molar-refractivity contribution in [3.05, 3.63) is 60.2 Å². The number of ether oxygens (including phenoxy) is 1. The maximum Gasteiger partial charge on any atom is 0.127 e. The first-order chi connectivity index (χ1) is 9.83. The molecule has 0 amide bonds. The van der Waals surface area contributed by atoms with Gasteiger partial charge in [-0.25, -0.2) is 0 Å². The minimum atomic E-state index is 0.136. The van der Waals surface area contributed by atoms with Gasteiger partial charge in [-0.3, -0.25) is 0 Å². The Morgan fingerprint density at radius 1 is 0.900 bits per heavy atom. The fourth-order valence-corrected chi connectivity index (χ4v) is 3.00. The van der Waals surface area contributed by atoms with Crippen LogP contribution in [-0.2, 0) is 0 Å². The molecule has 0 bridgehead atoms. The molecule has 20 heavy (non-hydrogen) atoms. The highest BCUT2D eigenvalue weighted by Gasteiger charge is 2.23. The van der Waals surface area contributed by atoms with E-state index in [1.165, 1.54) is 31.2 Å². The molecular formula is C18H21NO. The fraction of sp³-hybridized carbons (Fsp3) is 0.333. The van der Waals surface area contributed by atoms with E-state index in [1.54, 1.807) is 0 Å². The van der Waals surface area contributed by atoms with Gasteiger partial charge in [-0.2, -0.15) is 0 Å². The number of hydrogen-bond acceptors (Lipinski definition) is 2. The molecule has 2 N–H and O–H groups in total. The Labute approximate surface area is 120 Å². The average Bonchev–Trinajstić information content (AvgIpc) is 3.02. The van der Waals surface area contributed by atoms with Crippen LogP contribution in [0.25, 0.3) is 0 Å². The predicted molar refractivity (Wildman–Crippen MR) is 81.8 cm³/mol. The highest BCUT2D eigenvalue weighted by Crippen LogP contribution is 2.35. The zero-order chi connectivity index (χ0) is 13.8. The number of nitrogens with two attached hydrogens (primary N) is 1. The standard InChI is InChI=1S/C18H21NO/c19-18(14-7-4-5-8-14)15-9-6-12-17(13-15)20-16-10-2-1-3-11-16/h1-3,6,9-14,18H,4-5,7-8,19H2/t18-/m1/s1. The third kappa shape index (κ3) is 3.02. The van der Waals surface area contributed by atoms with Crippen molar-refractivity contribution in [3.8, 4) is 11.5 Å². The molecular weight excluding hydrogens is 246 g/mol. The monoisotopic (exact) mass is 267 g/mol. The molecule has 2 nitrogen and oxygen atoms in total. The van der Waals surface area contributed by atoms with Gasteiger partial charge in [0.25, 0.3) is 0 Å². The first kappa shape index (κ1) is 13.2. The zero-order valence-corrected chi connectivity index (χ0v) is 11.7. The van der Waals surface area contributed by atoms with E-state index in [2.05, 4.69) is 12.1 Å². The Morgan fingerprint density at radius 3 is 2.35 bits per heavy atom. The molecule has 0 unspecified atom stereocenters. The van der Waals surface area contributed by atoms with E-state index in [1.807, 2.05) is 42.5 Å². The zero-order valence-electron chi connectivity index (χ0n) is 11.7. The average molecular weight is 267 g/mol. The second-order valence-corrected chi connectivity index (χ2v) is 5.56. The first-order valence-electron chi connectivity index (χ1n) is 7.41. The maximum absolute atomic E-state index is 6.41. The quantitative estimate of drug-likeness (QED) is 0.873.